The minimum atomic E-state index is -3.09. The van der Waals surface area contributed by atoms with Crippen molar-refractivity contribution in [3.63, 3.8) is 0 Å². The fourth-order valence-electron chi connectivity index (χ4n) is 2.98. The standard InChI is InChI=1S/C16H25N3O5S/c1-4-6-12-9-14(18-17-12)16(21)24-11(3)15(20)19(5-2)13-7-8-25(22,23)10-13/h9,11,13H,4-8,10H2,1-3H3,(H,17,18). The molecule has 1 aliphatic rings. The molecule has 140 valence electrons. The van der Waals surface area contributed by atoms with Gasteiger partial charge in [-0.25, -0.2) is 13.2 Å². The van der Waals surface area contributed by atoms with Crippen LogP contribution in [0.5, 0.6) is 0 Å². The highest BCUT2D eigenvalue weighted by Gasteiger charge is 2.36. The molecule has 1 N–H and O–H groups in total. The lowest BCUT2D eigenvalue weighted by Gasteiger charge is -2.29. The van der Waals surface area contributed by atoms with Crippen LogP contribution in [0.3, 0.4) is 0 Å². The maximum Gasteiger partial charge on any atom is 0.359 e. The van der Waals surface area contributed by atoms with E-state index in [1.807, 2.05) is 6.92 Å². The van der Waals surface area contributed by atoms with Gasteiger partial charge >= 0.3 is 5.97 Å². The number of likely N-dealkylation sites (N-methyl/N-ethyl adjacent to an activating group) is 1. The van der Waals surface area contributed by atoms with Crippen molar-refractivity contribution in [1.29, 1.82) is 0 Å². The number of aromatic nitrogens is 2. The number of H-pyrrole nitrogens is 1. The van der Waals surface area contributed by atoms with Crippen LogP contribution in [0.4, 0.5) is 0 Å². The predicted molar refractivity (Wildman–Crippen MR) is 91.9 cm³/mol. The zero-order chi connectivity index (χ0) is 18.6. The summed E-state index contributed by atoms with van der Waals surface area (Å²) in [7, 11) is -3.09. The van der Waals surface area contributed by atoms with Crippen LogP contribution in [0.15, 0.2) is 6.07 Å². The van der Waals surface area contributed by atoms with E-state index in [-0.39, 0.29) is 29.1 Å². The highest BCUT2D eigenvalue weighted by molar-refractivity contribution is 7.91. The lowest BCUT2D eigenvalue weighted by atomic mass is 10.2. The second-order valence-electron chi connectivity index (χ2n) is 6.26. The molecule has 1 aromatic heterocycles. The number of nitrogens with zero attached hydrogens (tertiary/aromatic N) is 2. The summed E-state index contributed by atoms with van der Waals surface area (Å²) < 4.78 is 28.5. The van der Waals surface area contributed by atoms with E-state index < -0.39 is 21.9 Å². The smallest absolute Gasteiger partial charge is 0.359 e. The molecular weight excluding hydrogens is 346 g/mol. The quantitative estimate of drug-likeness (QED) is 0.715. The summed E-state index contributed by atoms with van der Waals surface area (Å²) >= 11 is 0. The summed E-state index contributed by atoms with van der Waals surface area (Å²) in [4.78, 5) is 26.2. The Hall–Kier alpha value is -1.90. The van der Waals surface area contributed by atoms with E-state index in [2.05, 4.69) is 10.2 Å². The van der Waals surface area contributed by atoms with Gasteiger partial charge in [-0.15, -0.1) is 0 Å². The summed E-state index contributed by atoms with van der Waals surface area (Å²) in [6, 6.07) is 1.26. The average molecular weight is 371 g/mol. The van der Waals surface area contributed by atoms with Gasteiger partial charge in [-0.05, 0) is 32.8 Å². The van der Waals surface area contributed by atoms with Crippen molar-refractivity contribution >= 4 is 21.7 Å². The number of hydrogen-bond donors (Lipinski definition) is 1. The molecule has 2 rings (SSSR count). The summed E-state index contributed by atoms with van der Waals surface area (Å²) in [6.45, 7) is 5.65. The maximum absolute atomic E-state index is 12.6. The van der Waals surface area contributed by atoms with E-state index in [9.17, 15) is 18.0 Å². The Bertz CT molecular complexity index is 728. The Labute approximate surface area is 147 Å². The number of rotatable bonds is 7. The molecule has 1 aliphatic heterocycles. The average Bonchev–Trinajstić information content (AvgIpc) is 3.15. The van der Waals surface area contributed by atoms with E-state index in [0.717, 1.165) is 18.5 Å². The number of sulfone groups is 1. The molecule has 0 saturated carbocycles. The molecule has 2 unspecified atom stereocenters. The topological polar surface area (TPSA) is 109 Å². The molecule has 0 aromatic carbocycles. The third kappa shape index (κ3) is 4.81. The SMILES string of the molecule is CCCc1cc(C(=O)OC(C)C(=O)N(CC)C2CCS(=O)(=O)C2)n[nH]1. The normalized spacial score (nSPS) is 20.2. The molecule has 2 atom stereocenters. The number of aryl methyl sites for hydroxylation is 1. The van der Waals surface area contributed by atoms with E-state index >= 15 is 0 Å². The largest absolute Gasteiger partial charge is 0.448 e. The van der Waals surface area contributed by atoms with Crippen molar-refractivity contribution in [2.24, 2.45) is 0 Å². The van der Waals surface area contributed by atoms with Gasteiger partial charge in [0.05, 0.1) is 11.5 Å². The monoisotopic (exact) mass is 371 g/mol. The van der Waals surface area contributed by atoms with Gasteiger partial charge in [0.1, 0.15) is 0 Å². The number of esters is 1. The summed E-state index contributed by atoms with van der Waals surface area (Å²) in [6.07, 6.45) is 1.11. The second-order valence-corrected chi connectivity index (χ2v) is 8.49. The fourth-order valence-corrected chi connectivity index (χ4v) is 4.71. The number of hydrogen-bond acceptors (Lipinski definition) is 6. The Morgan fingerprint density at radius 1 is 1.44 bits per heavy atom. The fraction of sp³-hybridized carbons (Fsp3) is 0.688. The minimum Gasteiger partial charge on any atom is -0.448 e. The van der Waals surface area contributed by atoms with Gasteiger partial charge in [0.2, 0.25) is 0 Å². The molecule has 0 radical (unpaired) electrons. The predicted octanol–water partition coefficient (Wildman–Crippen LogP) is 0.943. The molecule has 0 aliphatic carbocycles. The Morgan fingerprint density at radius 3 is 2.72 bits per heavy atom. The van der Waals surface area contributed by atoms with Gasteiger partial charge in [-0.2, -0.15) is 5.10 Å². The molecule has 25 heavy (non-hydrogen) atoms. The third-order valence-electron chi connectivity index (χ3n) is 4.26. The van der Waals surface area contributed by atoms with E-state index in [1.165, 1.54) is 11.8 Å². The number of amides is 1. The number of carbonyl (C=O) groups excluding carboxylic acids is 2. The lowest BCUT2D eigenvalue weighted by Crippen LogP contribution is -2.46. The molecule has 1 fully saturated rings. The van der Waals surface area contributed by atoms with Gasteiger partial charge < -0.3 is 9.64 Å². The number of carbonyl (C=O) groups is 2. The van der Waals surface area contributed by atoms with Crippen LogP contribution in [-0.2, 0) is 25.8 Å². The van der Waals surface area contributed by atoms with Gasteiger partial charge in [-0.1, -0.05) is 13.3 Å². The second kappa shape index (κ2) is 7.99. The van der Waals surface area contributed by atoms with Crippen molar-refractivity contribution in [3.8, 4) is 0 Å². The summed E-state index contributed by atoms with van der Waals surface area (Å²) in [5, 5.41) is 6.67. The number of nitrogens with one attached hydrogen (secondary N) is 1. The zero-order valence-electron chi connectivity index (χ0n) is 14.8. The van der Waals surface area contributed by atoms with Crippen molar-refractivity contribution < 1.29 is 22.7 Å². The first-order valence-corrected chi connectivity index (χ1v) is 10.4. The Kier molecular flexibility index (Phi) is 6.21. The molecule has 1 aromatic rings. The van der Waals surface area contributed by atoms with Crippen LogP contribution in [-0.4, -0.2) is 65.6 Å². The van der Waals surface area contributed by atoms with E-state index in [4.69, 9.17) is 4.74 Å². The van der Waals surface area contributed by atoms with Crippen molar-refractivity contribution in [2.45, 2.75) is 52.2 Å². The first-order chi connectivity index (χ1) is 11.8. The molecular formula is C16H25N3O5S. The van der Waals surface area contributed by atoms with Gasteiger partial charge in [0.25, 0.3) is 5.91 Å². The summed E-state index contributed by atoms with van der Waals surface area (Å²) in [5.41, 5.74) is 0.967. The van der Waals surface area contributed by atoms with Crippen LogP contribution in [0.2, 0.25) is 0 Å². The van der Waals surface area contributed by atoms with Gasteiger partial charge in [0, 0.05) is 18.3 Å². The highest BCUT2D eigenvalue weighted by atomic mass is 32.2. The summed E-state index contributed by atoms with van der Waals surface area (Å²) in [5.74, 6) is -1.01. The van der Waals surface area contributed by atoms with E-state index in [0.29, 0.717) is 13.0 Å². The van der Waals surface area contributed by atoms with Crippen molar-refractivity contribution in [3.05, 3.63) is 17.5 Å². The molecule has 1 saturated heterocycles. The minimum absolute atomic E-state index is 0.0347. The first kappa shape index (κ1) is 19.4. The van der Waals surface area contributed by atoms with E-state index in [1.54, 1.807) is 13.0 Å². The number of aromatic amines is 1. The van der Waals surface area contributed by atoms with Crippen LogP contribution >= 0.6 is 0 Å². The third-order valence-corrected chi connectivity index (χ3v) is 6.01. The molecule has 8 nitrogen and oxygen atoms in total. The van der Waals surface area contributed by atoms with Crippen LogP contribution < -0.4 is 0 Å². The van der Waals surface area contributed by atoms with Crippen molar-refractivity contribution in [2.75, 3.05) is 18.1 Å². The molecule has 9 heteroatoms. The first-order valence-electron chi connectivity index (χ1n) is 8.53. The highest BCUT2D eigenvalue weighted by Crippen LogP contribution is 2.19. The van der Waals surface area contributed by atoms with Crippen LogP contribution in [0.25, 0.3) is 0 Å². The zero-order valence-corrected chi connectivity index (χ0v) is 15.6. The Morgan fingerprint density at radius 2 is 2.16 bits per heavy atom. The van der Waals surface area contributed by atoms with Gasteiger partial charge in [-0.3, -0.25) is 9.89 Å². The molecule has 1 amide bonds. The molecule has 0 spiro atoms. The molecule has 2 heterocycles. The maximum atomic E-state index is 12.6. The molecule has 0 bridgehead atoms. The lowest BCUT2D eigenvalue weighted by molar-refractivity contribution is -0.141. The van der Waals surface area contributed by atoms with Crippen molar-refractivity contribution in [1.82, 2.24) is 15.1 Å². The Balaban J connectivity index is 1.99. The van der Waals surface area contributed by atoms with Gasteiger partial charge in [0.15, 0.2) is 21.6 Å². The van der Waals surface area contributed by atoms with Crippen LogP contribution in [0, 0.1) is 0 Å². The van der Waals surface area contributed by atoms with Crippen LogP contribution in [0.1, 0.15) is 49.8 Å². The number of ether oxygens (including phenoxy) is 1.